The molecule has 0 spiro atoms. The van der Waals surface area contributed by atoms with Crippen molar-refractivity contribution in [1.82, 2.24) is 0 Å². The topological polar surface area (TPSA) is 0 Å². The van der Waals surface area contributed by atoms with Crippen LogP contribution in [-0.2, 0) is 0 Å². The first kappa shape index (κ1) is 31.7. The first-order valence-electron chi connectivity index (χ1n) is 15.5. The van der Waals surface area contributed by atoms with Crippen LogP contribution in [0.2, 0.25) is 0 Å². The summed E-state index contributed by atoms with van der Waals surface area (Å²) in [4.78, 5) is 0. The number of hydrogen-bond donors (Lipinski definition) is 0. The lowest BCUT2D eigenvalue weighted by Gasteiger charge is -2.15. The van der Waals surface area contributed by atoms with E-state index in [0.29, 0.717) is 0 Å². The van der Waals surface area contributed by atoms with E-state index in [2.05, 4.69) is 27.7 Å². The van der Waals surface area contributed by atoms with Gasteiger partial charge in [-0.2, -0.15) is 0 Å². The second kappa shape index (κ2) is 27.0. The highest BCUT2D eigenvalue weighted by atomic mass is 14.1. The zero-order chi connectivity index (χ0) is 23.5. The van der Waals surface area contributed by atoms with Crippen LogP contribution in [0.3, 0.4) is 0 Å². The van der Waals surface area contributed by atoms with Gasteiger partial charge in [-0.25, -0.2) is 0 Å². The first-order chi connectivity index (χ1) is 15.8. The predicted octanol–water partition coefficient (Wildman–Crippen LogP) is 12.5. The molecule has 0 N–H and O–H groups in total. The fourth-order valence-electron chi connectivity index (χ4n) is 5.15. The molecule has 0 heteroatoms. The molecule has 0 rings (SSSR count). The van der Waals surface area contributed by atoms with Crippen molar-refractivity contribution in [3.63, 3.8) is 0 Å². The van der Waals surface area contributed by atoms with Crippen LogP contribution in [-0.4, -0.2) is 0 Å². The number of unbranched alkanes of at least 4 members (excludes halogenated alkanes) is 19. The highest BCUT2D eigenvalue weighted by Gasteiger charge is 2.07. The predicted molar refractivity (Wildman–Crippen MR) is 150 cm³/mol. The van der Waals surface area contributed by atoms with Gasteiger partial charge in [-0.1, -0.05) is 161 Å². The maximum atomic E-state index is 2.42. The van der Waals surface area contributed by atoms with Crippen LogP contribution in [0.25, 0.3) is 0 Å². The summed E-state index contributed by atoms with van der Waals surface area (Å²) in [7, 11) is 0. The molecule has 0 aliphatic carbocycles. The highest BCUT2D eigenvalue weighted by Crippen LogP contribution is 2.27. The minimum atomic E-state index is 1.30. The molecule has 0 bridgehead atoms. The molecule has 0 fully saturated rings. The number of hydrogen-bond acceptors (Lipinski definition) is 0. The molecule has 0 saturated heterocycles. The maximum absolute atomic E-state index is 2.42. The standard InChI is InChI=1S/C32H64/c1-5-9-12-15-17-19-20-22-24-27-30-32(31(8-4)28-25-14-11-7-3)29-26-23-21-18-16-13-10-6-2/h5-30H2,1-4H3/b32-31-. The maximum Gasteiger partial charge on any atom is -0.0318 e. The summed E-state index contributed by atoms with van der Waals surface area (Å²) in [5, 5.41) is 0. The summed E-state index contributed by atoms with van der Waals surface area (Å²) in [6.45, 7) is 9.37. The molecule has 32 heavy (non-hydrogen) atoms. The highest BCUT2D eigenvalue weighted by molar-refractivity contribution is 5.14. The minimum Gasteiger partial charge on any atom is -0.0713 e. The van der Waals surface area contributed by atoms with E-state index in [1.165, 1.54) is 167 Å². The summed E-state index contributed by atoms with van der Waals surface area (Å²) in [5.41, 5.74) is 3.73. The normalized spacial score (nSPS) is 12.4. The largest absolute Gasteiger partial charge is 0.0713 e. The van der Waals surface area contributed by atoms with Gasteiger partial charge in [-0.05, 0) is 44.9 Å². The molecular weight excluding hydrogens is 384 g/mol. The van der Waals surface area contributed by atoms with E-state index in [4.69, 9.17) is 0 Å². The third-order valence-corrected chi connectivity index (χ3v) is 7.42. The van der Waals surface area contributed by atoms with E-state index in [0.717, 1.165) is 0 Å². The summed E-state index contributed by atoms with van der Waals surface area (Å²) in [5.74, 6) is 0. The molecule has 0 aromatic heterocycles. The molecule has 0 radical (unpaired) electrons. The quantitative estimate of drug-likeness (QED) is 0.0911. The van der Waals surface area contributed by atoms with Gasteiger partial charge in [0.2, 0.25) is 0 Å². The second-order valence-electron chi connectivity index (χ2n) is 10.5. The van der Waals surface area contributed by atoms with E-state index in [9.17, 15) is 0 Å². The molecule has 0 aliphatic rings. The molecule has 0 amide bonds. The van der Waals surface area contributed by atoms with Gasteiger partial charge in [-0.3, -0.25) is 0 Å². The third-order valence-electron chi connectivity index (χ3n) is 7.42. The van der Waals surface area contributed by atoms with Crippen LogP contribution in [0.5, 0.6) is 0 Å². The lowest BCUT2D eigenvalue weighted by molar-refractivity contribution is 0.547. The Morgan fingerprint density at radius 1 is 0.281 bits per heavy atom. The van der Waals surface area contributed by atoms with Crippen molar-refractivity contribution in [1.29, 1.82) is 0 Å². The van der Waals surface area contributed by atoms with E-state index in [-0.39, 0.29) is 0 Å². The molecule has 0 heterocycles. The Kier molecular flexibility index (Phi) is 26.8. The van der Waals surface area contributed by atoms with E-state index >= 15 is 0 Å². The summed E-state index contributed by atoms with van der Waals surface area (Å²) < 4.78 is 0. The molecule has 0 aliphatic heterocycles. The average molecular weight is 449 g/mol. The molecule has 0 aromatic carbocycles. The molecule has 192 valence electrons. The van der Waals surface area contributed by atoms with Crippen molar-refractivity contribution in [3.05, 3.63) is 11.1 Å². The van der Waals surface area contributed by atoms with Crippen molar-refractivity contribution < 1.29 is 0 Å². The van der Waals surface area contributed by atoms with Crippen LogP contribution in [0.4, 0.5) is 0 Å². The fraction of sp³-hybridized carbons (Fsp3) is 0.938. The zero-order valence-corrected chi connectivity index (χ0v) is 23.4. The van der Waals surface area contributed by atoms with Gasteiger partial charge in [0.15, 0.2) is 0 Å². The Morgan fingerprint density at radius 3 is 0.844 bits per heavy atom. The van der Waals surface area contributed by atoms with Gasteiger partial charge in [0.05, 0.1) is 0 Å². The van der Waals surface area contributed by atoms with Gasteiger partial charge in [0.1, 0.15) is 0 Å². The fourth-order valence-corrected chi connectivity index (χ4v) is 5.15. The van der Waals surface area contributed by atoms with Gasteiger partial charge in [0, 0.05) is 0 Å². The third kappa shape index (κ3) is 21.6. The van der Waals surface area contributed by atoms with Crippen molar-refractivity contribution in [2.45, 2.75) is 195 Å². The van der Waals surface area contributed by atoms with Crippen molar-refractivity contribution in [2.24, 2.45) is 0 Å². The number of allylic oxidation sites excluding steroid dienone is 2. The van der Waals surface area contributed by atoms with E-state index in [1.54, 1.807) is 0 Å². The van der Waals surface area contributed by atoms with Gasteiger partial charge >= 0.3 is 0 Å². The van der Waals surface area contributed by atoms with Gasteiger partial charge in [0.25, 0.3) is 0 Å². The van der Waals surface area contributed by atoms with E-state index in [1.807, 2.05) is 11.1 Å². The Morgan fingerprint density at radius 2 is 0.531 bits per heavy atom. The smallest absolute Gasteiger partial charge is 0.0318 e. The Labute approximate surface area is 205 Å². The summed E-state index contributed by atoms with van der Waals surface area (Å²) in [6, 6.07) is 0. The second-order valence-corrected chi connectivity index (χ2v) is 10.5. The Balaban J connectivity index is 4.21. The van der Waals surface area contributed by atoms with Gasteiger partial charge in [-0.15, -0.1) is 0 Å². The van der Waals surface area contributed by atoms with Crippen molar-refractivity contribution in [3.8, 4) is 0 Å². The average Bonchev–Trinajstić information content (AvgIpc) is 2.81. The van der Waals surface area contributed by atoms with Crippen LogP contribution < -0.4 is 0 Å². The summed E-state index contributed by atoms with van der Waals surface area (Å²) >= 11 is 0. The summed E-state index contributed by atoms with van der Waals surface area (Å²) in [6.07, 6.45) is 37.2. The zero-order valence-electron chi connectivity index (χ0n) is 23.4. The molecule has 0 nitrogen and oxygen atoms in total. The molecule has 0 saturated carbocycles. The van der Waals surface area contributed by atoms with Crippen LogP contribution in [0.15, 0.2) is 11.1 Å². The Hall–Kier alpha value is -0.260. The van der Waals surface area contributed by atoms with Crippen LogP contribution >= 0.6 is 0 Å². The lowest BCUT2D eigenvalue weighted by atomic mass is 9.91. The van der Waals surface area contributed by atoms with E-state index < -0.39 is 0 Å². The molecule has 0 aromatic rings. The van der Waals surface area contributed by atoms with Gasteiger partial charge < -0.3 is 0 Å². The van der Waals surface area contributed by atoms with Crippen molar-refractivity contribution >= 4 is 0 Å². The minimum absolute atomic E-state index is 1.30. The Bertz CT molecular complexity index is 377. The number of rotatable bonds is 26. The molecule has 0 atom stereocenters. The van der Waals surface area contributed by atoms with Crippen molar-refractivity contribution in [2.75, 3.05) is 0 Å². The lowest BCUT2D eigenvalue weighted by Crippen LogP contribution is -1.95. The molecule has 0 unspecified atom stereocenters. The van der Waals surface area contributed by atoms with Crippen LogP contribution in [0, 0.1) is 0 Å². The monoisotopic (exact) mass is 449 g/mol. The van der Waals surface area contributed by atoms with Crippen LogP contribution in [0.1, 0.15) is 195 Å². The first-order valence-corrected chi connectivity index (χ1v) is 15.5. The SMILES string of the molecule is CCCCCCCCCCCC/C(CCCCCCCCCC)=C(/CC)CCCCCC. The molecular formula is C32H64.